The summed E-state index contributed by atoms with van der Waals surface area (Å²) in [4.78, 5) is 0. The van der Waals surface area contributed by atoms with Crippen LogP contribution in [-0.2, 0) is 13.0 Å². The van der Waals surface area contributed by atoms with Crippen molar-refractivity contribution in [2.24, 2.45) is 5.92 Å². The topological polar surface area (TPSA) is 29.9 Å². The van der Waals surface area contributed by atoms with Gasteiger partial charge in [0.1, 0.15) is 0 Å². The first-order valence-corrected chi connectivity index (χ1v) is 7.51. The van der Waals surface area contributed by atoms with Gasteiger partial charge >= 0.3 is 0 Å². The number of nitrogens with one attached hydrogen (secondary N) is 1. The molecule has 1 aliphatic carbocycles. The Morgan fingerprint density at radius 2 is 2.22 bits per heavy atom. The molecule has 0 bridgehead atoms. The third-order valence-corrected chi connectivity index (χ3v) is 4.07. The number of rotatable bonds is 6. The minimum absolute atomic E-state index is 0.727. The van der Waals surface area contributed by atoms with Crippen molar-refractivity contribution >= 4 is 0 Å². The molecule has 1 fully saturated rings. The standard InChI is InChI=1S/C15H27N3/c1-4-9-16-15-8-6-7-13(15)11-14-10-12(3)17-18(14)5-2/h10,13,15-16H,4-9,11H2,1-3H3. The van der Waals surface area contributed by atoms with Crippen LogP contribution in [0.2, 0.25) is 0 Å². The fraction of sp³-hybridized carbons (Fsp3) is 0.800. The third-order valence-electron chi connectivity index (χ3n) is 4.07. The molecule has 2 rings (SSSR count). The highest BCUT2D eigenvalue weighted by Crippen LogP contribution is 2.29. The van der Waals surface area contributed by atoms with Crippen LogP contribution in [0.5, 0.6) is 0 Å². The van der Waals surface area contributed by atoms with E-state index in [0.29, 0.717) is 0 Å². The van der Waals surface area contributed by atoms with E-state index in [1.807, 2.05) is 0 Å². The molecular weight excluding hydrogens is 222 g/mol. The van der Waals surface area contributed by atoms with Gasteiger partial charge in [0, 0.05) is 18.3 Å². The maximum atomic E-state index is 4.55. The van der Waals surface area contributed by atoms with Crippen molar-refractivity contribution in [2.75, 3.05) is 6.54 Å². The van der Waals surface area contributed by atoms with Gasteiger partial charge in [-0.15, -0.1) is 0 Å². The summed E-state index contributed by atoms with van der Waals surface area (Å²) < 4.78 is 2.17. The van der Waals surface area contributed by atoms with Gasteiger partial charge in [0.2, 0.25) is 0 Å². The molecule has 0 saturated heterocycles. The summed E-state index contributed by atoms with van der Waals surface area (Å²) in [5.41, 5.74) is 2.58. The Bertz CT molecular complexity index is 370. The van der Waals surface area contributed by atoms with Gasteiger partial charge in [-0.2, -0.15) is 5.10 Å². The Balaban J connectivity index is 1.98. The molecule has 18 heavy (non-hydrogen) atoms. The van der Waals surface area contributed by atoms with E-state index in [-0.39, 0.29) is 0 Å². The molecule has 1 aromatic heterocycles. The number of aromatic nitrogens is 2. The van der Waals surface area contributed by atoms with E-state index in [4.69, 9.17) is 0 Å². The molecule has 2 unspecified atom stereocenters. The molecule has 1 aromatic rings. The van der Waals surface area contributed by atoms with Crippen molar-refractivity contribution < 1.29 is 0 Å². The Labute approximate surface area is 111 Å². The van der Waals surface area contributed by atoms with Gasteiger partial charge in [-0.1, -0.05) is 13.3 Å². The number of aryl methyl sites for hydroxylation is 2. The molecule has 0 radical (unpaired) electrons. The number of hydrogen-bond acceptors (Lipinski definition) is 2. The second kappa shape index (κ2) is 6.37. The first kappa shape index (κ1) is 13.6. The smallest absolute Gasteiger partial charge is 0.0596 e. The van der Waals surface area contributed by atoms with E-state index < -0.39 is 0 Å². The number of nitrogens with zero attached hydrogens (tertiary/aromatic N) is 2. The highest BCUT2D eigenvalue weighted by atomic mass is 15.3. The van der Waals surface area contributed by atoms with E-state index >= 15 is 0 Å². The monoisotopic (exact) mass is 249 g/mol. The highest BCUT2D eigenvalue weighted by molar-refractivity contribution is 5.10. The van der Waals surface area contributed by atoms with Crippen LogP contribution < -0.4 is 5.32 Å². The fourth-order valence-corrected chi connectivity index (χ4v) is 3.19. The predicted octanol–water partition coefficient (Wildman–Crippen LogP) is 2.92. The second-order valence-electron chi connectivity index (χ2n) is 5.55. The molecule has 1 saturated carbocycles. The summed E-state index contributed by atoms with van der Waals surface area (Å²) in [6, 6.07) is 2.99. The normalized spacial score (nSPS) is 23.7. The van der Waals surface area contributed by atoms with Gasteiger partial charge in [0.25, 0.3) is 0 Å². The first-order chi connectivity index (χ1) is 8.74. The molecular formula is C15H27N3. The SMILES string of the molecule is CCCNC1CCCC1Cc1cc(C)nn1CC. The Morgan fingerprint density at radius 3 is 2.94 bits per heavy atom. The van der Waals surface area contributed by atoms with Gasteiger partial charge in [0.15, 0.2) is 0 Å². The largest absolute Gasteiger partial charge is 0.314 e. The predicted molar refractivity (Wildman–Crippen MR) is 75.8 cm³/mol. The fourth-order valence-electron chi connectivity index (χ4n) is 3.19. The van der Waals surface area contributed by atoms with Gasteiger partial charge in [0.05, 0.1) is 5.69 Å². The summed E-state index contributed by atoms with van der Waals surface area (Å²) >= 11 is 0. The summed E-state index contributed by atoms with van der Waals surface area (Å²) in [6.07, 6.45) is 6.52. The zero-order chi connectivity index (χ0) is 13.0. The van der Waals surface area contributed by atoms with E-state index in [2.05, 4.69) is 41.9 Å². The van der Waals surface area contributed by atoms with Crippen LogP contribution in [0.25, 0.3) is 0 Å². The molecule has 1 heterocycles. The Kier molecular flexibility index (Phi) is 4.81. The molecule has 102 valence electrons. The zero-order valence-corrected chi connectivity index (χ0v) is 12.1. The summed E-state index contributed by atoms with van der Waals surface area (Å²) in [5.74, 6) is 0.804. The van der Waals surface area contributed by atoms with Gasteiger partial charge in [-0.05, 0) is 58.1 Å². The molecule has 1 N–H and O–H groups in total. The average molecular weight is 249 g/mol. The lowest BCUT2D eigenvalue weighted by Gasteiger charge is -2.21. The maximum absolute atomic E-state index is 4.55. The molecule has 0 aromatic carbocycles. The highest BCUT2D eigenvalue weighted by Gasteiger charge is 2.27. The molecule has 3 heteroatoms. The molecule has 0 spiro atoms. The first-order valence-electron chi connectivity index (χ1n) is 7.51. The molecule has 3 nitrogen and oxygen atoms in total. The Morgan fingerprint density at radius 1 is 1.39 bits per heavy atom. The Hall–Kier alpha value is -0.830. The summed E-state index contributed by atoms with van der Waals surface area (Å²) in [5, 5.41) is 8.27. The third kappa shape index (κ3) is 3.14. The van der Waals surface area contributed by atoms with Crippen molar-refractivity contribution in [3.05, 3.63) is 17.5 Å². The van der Waals surface area contributed by atoms with E-state index in [9.17, 15) is 0 Å². The van der Waals surface area contributed by atoms with Crippen molar-refractivity contribution in [3.63, 3.8) is 0 Å². The van der Waals surface area contributed by atoms with E-state index in [1.54, 1.807) is 0 Å². The van der Waals surface area contributed by atoms with Crippen molar-refractivity contribution in [1.29, 1.82) is 0 Å². The maximum Gasteiger partial charge on any atom is 0.0596 e. The van der Waals surface area contributed by atoms with Crippen LogP contribution in [-0.4, -0.2) is 22.4 Å². The van der Waals surface area contributed by atoms with Crippen LogP contribution in [0, 0.1) is 12.8 Å². The van der Waals surface area contributed by atoms with E-state index in [0.717, 1.165) is 30.7 Å². The minimum Gasteiger partial charge on any atom is -0.314 e. The van der Waals surface area contributed by atoms with Crippen molar-refractivity contribution in [1.82, 2.24) is 15.1 Å². The van der Waals surface area contributed by atoms with Crippen LogP contribution in [0.15, 0.2) is 6.07 Å². The second-order valence-corrected chi connectivity index (χ2v) is 5.55. The quantitative estimate of drug-likeness (QED) is 0.840. The van der Waals surface area contributed by atoms with Crippen LogP contribution >= 0.6 is 0 Å². The van der Waals surface area contributed by atoms with Crippen LogP contribution in [0.3, 0.4) is 0 Å². The van der Waals surface area contributed by atoms with E-state index in [1.165, 1.54) is 37.8 Å². The van der Waals surface area contributed by atoms with Crippen LogP contribution in [0.1, 0.15) is 50.9 Å². The van der Waals surface area contributed by atoms with Gasteiger partial charge < -0.3 is 5.32 Å². The van der Waals surface area contributed by atoms with Gasteiger partial charge in [-0.25, -0.2) is 0 Å². The summed E-state index contributed by atoms with van der Waals surface area (Å²) in [7, 11) is 0. The molecule has 0 amide bonds. The van der Waals surface area contributed by atoms with Gasteiger partial charge in [-0.3, -0.25) is 4.68 Å². The average Bonchev–Trinajstić information content (AvgIpc) is 2.94. The van der Waals surface area contributed by atoms with Crippen LogP contribution in [0.4, 0.5) is 0 Å². The minimum atomic E-state index is 0.727. The van der Waals surface area contributed by atoms with Crippen molar-refractivity contribution in [3.8, 4) is 0 Å². The van der Waals surface area contributed by atoms with Crippen molar-refractivity contribution in [2.45, 2.75) is 65.5 Å². The number of hydrogen-bond donors (Lipinski definition) is 1. The lowest BCUT2D eigenvalue weighted by atomic mass is 9.97. The lowest BCUT2D eigenvalue weighted by Crippen LogP contribution is -2.34. The summed E-state index contributed by atoms with van der Waals surface area (Å²) in [6.45, 7) is 8.66. The lowest BCUT2D eigenvalue weighted by molar-refractivity contribution is 0.389. The molecule has 1 aliphatic rings. The molecule has 0 aliphatic heterocycles. The molecule has 2 atom stereocenters. The zero-order valence-electron chi connectivity index (χ0n) is 12.1.